The molecule has 5 heteroatoms. The second kappa shape index (κ2) is 8.30. The van der Waals surface area contributed by atoms with Crippen LogP contribution in [0.3, 0.4) is 0 Å². The highest BCUT2D eigenvalue weighted by molar-refractivity contribution is 6.40. The van der Waals surface area contributed by atoms with Crippen LogP contribution in [0.5, 0.6) is 0 Å². The molecule has 2 amide bonds. The van der Waals surface area contributed by atoms with Gasteiger partial charge in [0.15, 0.2) is 0 Å². The number of nitrogens with zero attached hydrogens (tertiary/aromatic N) is 3. The Bertz CT molecular complexity index is 2110. The molecule has 42 heavy (non-hydrogen) atoms. The van der Waals surface area contributed by atoms with Gasteiger partial charge in [0.25, 0.3) is 11.8 Å². The van der Waals surface area contributed by atoms with E-state index in [1.807, 2.05) is 19.1 Å². The van der Waals surface area contributed by atoms with E-state index in [9.17, 15) is 9.59 Å². The summed E-state index contributed by atoms with van der Waals surface area (Å²) in [5.74, 6) is -0.432. The van der Waals surface area contributed by atoms with E-state index in [0.717, 1.165) is 43.7 Å². The molecule has 9 rings (SSSR count). The van der Waals surface area contributed by atoms with Crippen LogP contribution in [0.15, 0.2) is 109 Å². The molecule has 2 aliphatic heterocycles. The van der Waals surface area contributed by atoms with Gasteiger partial charge in [-0.1, -0.05) is 60.7 Å². The molecule has 0 aliphatic carbocycles. The Morgan fingerprint density at radius 3 is 1.38 bits per heavy atom. The molecule has 2 aliphatic rings. The van der Waals surface area contributed by atoms with Crippen LogP contribution in [-0.2, 0) is 0 Å². The number of benzene rings is 7. The molecule has 5 nitrogen and oxygen atoms in total. The van der Waals surface area contributed by atoms with Crippen LogP contribution < -0.4 is 9.80 Å². The van der Waals surface area contributed by atoms with Crippen LogP contribution in [0.4, 0.5) is 22.7 Å². The fourth-order valence-electron chi connectivity index (χ4n) is 7.28. The van der Waals surface area contributed by atoms with Gasteiger partial charge in [-0.3, -0.25) is 14.5 Å². The van der Waals surface area contributed by atoms with Gasteiger partial charge in [-0.2, -0.15) is 0 Å². The van der Waals surface area contributed by atoms with Gasteiger partial charge in [0.1, 0.15) is 0 Å². The average Bonchev–Trinajstić information content (AvgIpc) is 3.05. The summed E-state index contributed by atoms with van der Waals surface area (Å²) in [6, 6.07) is 38.0. The maximum absolute atomic E-state index is 13.4. The van der Waals surface area contributed by atoms with Gasteiger partial charge in [-0.05, 0) is 82.4 Å². The molecule has 0 aromatic heterocycles. The highest BCUT2D eigenvalue weighted by Crippen LogP contribution is 2.51. The van der Waals surface area contributed by atoms with E-state index in [-0.39, 0.29) is 11.8 Å². The van der Waals surface area contributed by atoms with Crippen LogP contribution in [0.1, 0.15) is 27.6 Å². The van der Waals surface area contributed by atoms with E-state index in [1.54, 1.807) is 0 Å². The number of fused-ring (bicyclic) bond motifs is 2. The first-order valence-corrected chi connectivity index (χ1v) is 14.4. The minimum absolute atomic E-state index is 0.216. The molecule has 2 heterocycles. The second-order valence-corrected chi connectivity index (χ2v) is 11.1. The number of rotatable bonds is 3. The average molecular weight is 544 g/mol. The summed E-state index contributed by atoms with van der Waals surface area (Å²) in [4.78, 5) is 32.9. The van der Waals surface area contributed by atoms with Crippen LogP contribution in [0.25, 0.3) is 43.1 Å². The molecule has 0 fully saturated rings. The Balaban J connectivity index is 1.42. The third-order valence-electron chi connectivity index (χ3n) is 9.13. The molecule has 0 N–H and O–H groups in total. The Labute approximate surface area is 242 Å². The van der Waals surface area contributed by atoms with Gasteiger partial charge in [-0.15, -0.1) is 0 Å². The zero-order chi connectivity index (χ0) is 28.1. The molecule has 0 saturated carbocycles. The van der Waals surface area contributed by atoms with E-state index >= 15 is 0 Å². The molecule has 200 valence electrons. The van der Waals surface area contributed by atoms with Gasteiger partial charge < -0.3 is 9.80 Å². The SMILES string of the molecule is CCN1C(=O)c2ccc3c4ccc5c6c(ccc(c7ccc(c2c37)C1=O)c64)N(c1ccccc1)CN5c1ccccc1. The fourth-order valence-corrected chi connectivity index (χ4v) is 7.28. The third-order valence-corrected chi connectivity index (χ3v) is 9.13. The summed E-state index contributed by atoms with van der Waals surface area (Å²) < 4.78 is 0. The monoisotopic (exact) mass is 543 g/mol. The highest BCUT2D eigenvalue weighted by atomic mass is 16.2. The maximum atomic E-state index is 13.4. The number of amides is 2. The van der Waals surface area contributed by atoms with E-state index in [0.29, 0.717) is 24.3 Å². The first-order chi connectivity index (χ1) is 20.7. The summed E-state index contributed by atoms with van der Waals surface area (Å²) in [5, 5.41) is 8.56. The van der Waals surface area contributed by atoms with Crippen molar-refractivity contribution < 1.29 is 9.59 Å². The number of hydrogen-bond acceptors (Lipinski definition) is 4. The number of hydrogen-bond donors (Lipinski definition) is 0. The van der Waals surface area contributed by atoms with Crippen molar-refractivity contribution in [2.45, 2.75) is 6.92 Å². The first kappa shape index (κ1) is 23.3. The molecule has 7 aromatic carbocycles. The number of imide groups is 1. The Hall–Kier alpha value is -5.42. The predicted molar refractivity (Wildman–Crippen MR) is 171 cm³/mol. The molecular formula is C37H25N3O2. The van der Waals surface area contributed by atoms with Crippen LogP contribution in [-0.4, -0.2) is 29.9 Å². The fraction of sp³-hybridized carbons (Fsp3) is 0.0811. The van der Waals surface area contributed by atoms with Gasteiger partial charge in [0.2, 0.25) is 0 Å². The zero-order valence-corrected chi connectivity index (χ0v) is 23.0. The normalized spacial score (nSPS) is 14.7. The topological polar surface area (TPSA) is 43.9 Å². The molecular weight excluding hydrogens is 518 g/mol. The quantitative estimate of drug-likeness (QED) is 0.127. The molecule has 0 bridgehead atoms. The van der Waals surface area contributed by atoms with Crippen LogP contribution in [0.2, 0.25) is 0 Å². The van der Waals surface area contributed by atoms with E-state index < -0.39 is 0 Å². The molecule has 0 atom stereocenters. The Morgan fingerprint density at radius 1 is 0.500 bits per heavy atom. The Kier molecular flexibility index (Phi) is 4.61. The minimum atomic E-state index is -0.216. The van der Waals surface area contributed by atoms with Gasteiger partial charge in [0.05, 0.1) is 18.0 Å². The summed E-state index contributed by atoms with van der Waals surface area (Å²) in [5.41, 5.74) is 5.82. The van der Waals surface area contributed by atoms with Crippen LogP contribution >= 0.6 is 0 Å². The van der Waals surface area contributed by atoms with Crippen molar-refractivity contribution in [2.75, 3.05) is 23.0 Å². The second-order valence-electron chi connectivity index (χ2n) is 11.1. The van der Waals surface area contributed by atoms with Gasteiger partial charge in [-0.25, -0.2) is 0 Å². The standard InChI is InChI=1S/C37H25N3O2/c1-2-38-36(41)28-15-13-24-26-17-19-30-35-31(20-18-27(33(26)35)25-14-16-29(37(38)42)34(28)32(24)25)40(23-11-7-4-8-12-23)21-39(30)22-9-5-3-6-10-22/h3-20H,2,21H2,1H3. The maximum Gasteiger partial charge on any atom is 0.261 e. The largest absolute Gasteiger partial charge is 0.322 e. The van der Waals surface area contributed by atoms with Gasteiger partial charge in [0, 0.05) is 45.2 Å². The molecule has 7 aromatic rings. The van der Waals surface area contributed by atoms with Crippen molar-refractivity contribution in [1.82, 2.24) is 4.90 Å². The van der Waals surface area contributed by atoms with Crippen molar-refractivity contribution in [3.05, 3.63) is 120 Å². The van der Waals surface area contributed by atoms with Crippen molar-refractivity contribution >= 4 is 77.7 Å². The molecule has 0 spiro atoms. The summed E-state index contributed by atoms with van der Waals surface area (Å²) >= 11 is 0. The van der Waals surface area contributed by atoms with Crippen molar-refractivity contribution in [2.24, 2.45) is 0 Å². The summed E-state index contributed by atoms with van der Waals surface area (Å²) in [7, 11) is 0. The van der Waals surface area contributed by atoms with Crippen LogP contribution in [0, 0.1) is 0 Å². The number of anilines is 4. The summed E-state index contributed by atoms with van der Waals surface area (Å²) in [6.07, 6.45) is 0. The van der Waals surface area contributed by atoms with Crippen molar-refractivity contribution in [3.63, 3.8) is 0 Å². The Morgan fingerprint density at radius 2 is 0.929 bits per heavy atom. The lowest BCUT2D eigenvalue weighted by molar-refractivity contribution is 0.0619. The molecule has 0 radical (unpaired) electrons. The van der Waals surface area contributed by atoms with E-state index in [1.165, 1.54) is 27.0 Å². The van der Waals surface area contributed by atoms with E-state index in [2.05, 4.69) is 107 Å². The zero-order valence-electron chi connectivity index (χ0n) is 23.0. The minimum Gasteiger partial charge on any atom is -0.322 e. The lowest BCUT2D eigenvalue weighted by Gasteiger charge is -2.40. The van der Waals surface area contributed by atoms with E-state index in [4.69, 9.17) is 0 Å². The number of carbonyl (C=O) groups excluding carboxylic acids is 2. The number of para-hydroxylation sites is 2. The lowest BCUT2D eigenvalue weighted by Crippen LogP contribution is -2.40. The lowest BCUT2D eigenvalue weighted by atomic mass is 9.84. The predicted octanol–water partition coefficient (Wildman–Crippen LogP) is 8.60. The highest BCUT2D eigenvalue weighted by Gasteiger charge is 2.34. The number of carbonyl (C=O) groups is 2. The smallest absolute Gasteiger partial charge is 0.261 e. The molecule has 0 unspecified atom stereocenters. The third kappa shape index (κ3) is 2.87. The summed E-state index contributed by atoms with van der Waals surface area (Å²) in [6.45, 7) is 2.88. The first-order valence-electron chi connectivity index (χ1n) is 14.4. The van der Waals surface area contributed by atoms with Crippen molar-refractivity contribution in [3.8, 4) is 0 Å². The van der Waals surface area contributed by atoms with Crippen molar-refractivity contribution in [1.29, 1.82) is 0 Å². The molecule has 0 saturated heterocycles. The van der Waals surface area contributed by atoms with Gasteiger partial charge >= 0.3 is 0 Å².